The summed E-state index contributed by atoms with van der Waals surface area (Å²) in [6.07, 6.45) is -3.96. The summed E-state index contributed by atoms with van der Waals surface area (Å²) in [5.41, 5.74) is 1.05. The first-order chi connectivity index (χ1) is 13.1. The van der Waals surface area contributed by atoms with Crippen LogP contribution in [-0.4, -0.2) is 54.7 Å². The first-order valence-electron chi connectivity index (χ1n) is 8.46. The minimum atomic E-state index is -5.08. The van der Waals surface area contributed by atoms with Crippen molar-refractivity contribution in [3.63, 3.8) is 0 Å². The molecule has 2 rings (SSSR count). The van der Waals surface area contributed by atoms with Crippen LogP contribution in [0.3, 0.4) is 0 Å². The smallest absolute Gasteiger partial charge is 0.475 e. The number of carbonyl (C=O) groups is 2. The van der Waals surface area contributed by atoms with Crippen LogP contribution in [0.5, 0.6) is 0 Å². The van der Waals surface area contributed by atoms with E-state index in [9.17, 15) is 18.0 Å². The Morgan fingerprint density at radius 2 is 2.04 bits per heavy atom. The van der Waals surface area contributed by atoms with Gasteiger partial charge in [-0.3, -0.25) is 0 Å². The number of nitrogens with one attached hydrogen (secondary N) is 2. The normalized spacial score (nSPS) is 17.8. The molecule has 1 aromatic carbocycles. The average Bonchev–Trinajstić information content (AvgIpc) is 2.62. The van der Waals surface area contributed by atoms with Gasteiger partial charge in [-0.1, -0.05) is 23.7 Å². The quantitative estimate of drug-likeness (QED) is 0.520. The van der Waals surface area contributed by atoms with Crippen LogP contribution in [0.25, 0.3) is 0 Å². The number of hydrogen-bond acceptors (Lipinski definition) is 4. The van der Waals surface area contributed by atoms with Gasteiger partial charge in [-0.2, -0.15) is 13.2 Å². The maximum Gasteiger partial charge on any atom is 0.490 e. The van der Waals surface area contributed by atoms with Gasteiger partial charge in [-0.15, -0.1) is 0 Å². The van der Waals surface area contributed by atoms with Crippen LogP contribution >= 0.6 is 11.6 Å². The van der Waals surface area contributed by atoms with E-state index in [2.05, 4.69) is 10.6 Å². The molecule has 0 bridgehead atoms. The van der Waals surface area contributed by atoms with Crippen LogP contribution in [-0.2, 0) is 9.53 Å². The molecule has 11 heteroatoms. The predicted molar refractivity (Wildman–Crippen MR) is 95.5 cm³/mol. The summed E-state index contributed by atoms with van der Waals surface area (Å²) >= 11 is 6.07. The minimum Gasteiger partial charge on any atom is -0.475 e. The lowest BCUT2D eigenvalue weighted by molar-refractivity contribution is -0.192. The van der Waals surface area contributed by atoms with Gasteiger partial charge in [0.25, 0.3) is 0 Å². The topological polar surface area (TPSA) is 108 Å². The third-order valence-electron chi connectivity index (χ3n) is 3.86. The third kappa shape index (κ3) is 9.25. The van der Waals surface area contributed by atoms with Gasteiger partial charge in [0.1, 0.15) is 0 Å². The van der Waals surface area contributed by atoms with Gasteiger partial charge in [0, 0.05) is 24.0 Å². The maximum absolute atomic E-state index is 10.6. The van der Waals surface area contributed by atoms with Crippen molar-refractivity contribution in [3.05, 3.63) is 34.9 Å². The highest BCUT2D eigenvalue weighted by atomic mass is 35.5. The lowest BCUT2D eigenvalue weighted by Crippen LogP contribution is -2.35. The molecule has 158 valence electrons. The Kier molecular flexibility index (Phi) is 10.0. The van der Waals surface area contributed by atoms with E-state index in [-0.39, 0.29) is 12.6 Å². The highest BCUT2D eigenvalue weighted by molar-refractivity contribution is 6.30. The summed E-state index contributed by atoms with van der Waals surface area (Å²) in [7, 11) is 0. The molecule has 0 radical (unpaired) electrons. The SMILES string of the molecule is O=C(O)C(F)(F)F.O=C(O)NCCO[C@@H](c1cccc(Cl)c1)[C@@H]1CCCNC1. The second kappa shape index (κ2) is 11.7. The van der Waals surface area contributed by atoms with Crippen molar-refractivity contribution < 1.29 is 37.7 Å². The third-order valence-corrected chi connectivity index (χ3v) is 4.09. The zero-order valence-electron chi connectivity index (χ0n) is 14.8. The molecule has 1 amide bonds. The molecule has 0 aliphatic carbocycles. The number of amides is 1. The van der Waals surface area contributed by atoms with E-state index in [1.165, 1.54) is 0 Å². The molecule has 4 N–H and O–H groups in total. The number of halogens is 4. The fourth-order valence-corrected chi connectivity index (χ4v) is 2.87. The minimum absolute atomic E-state index is 0.0629. The first kappa shape index (κ1) is 24.0. The van der Waals surface area contributed by atoms with E-state index in [1.54, 1.807) is 0 Å². The molecule has 1 heterocycles. The van der Waals surface area contributed by atoms with Crippen LogP contribution < -0.4 is 10.6 Å². The van der Waals surface area contributed by atoms with E-state index in [0.717, 1.165) is 31.5 Å². The summed E-state index contributed by atoms with van der Waals surface area (Å²) in [6, 6.07) is 7.69. The van der Waals surface area contributed by atoms with Gasteiger partial charge in [0.05, 0.1) is 12.7 Å². The van der Waals surface area contributed by atoms with Crippen LogP contribution in [0, 0.1) is 5.92 Å². The van der Waals surface area contributed by atoms with Crippen LogP contribution in [0.2, 0.25) is 5.02 Å². The molecule has 0 saturated carbocycles. The Hall–Kier alpha value is -2.04. The number of piperidine rings is 1. The van der Waals surface area contributed by atoms with Gasteiger partial charge in [-0.25, -0.2) is 9.59 Å². The molecular weight excluding hydrogens is 405 g/mol. The summed E-state index contributed by atoms with van der Waals surface area (Å²) in [6.45, 7) is 2.58. The van der Waals surface area contributed by atoms with Gasteiger partial charge < -0.3 is 25.6 Å². The zero-order chi connectivity index (χ0) is 21.2. The van der Waals surface area contributed by atoms with Crippen LogP contribution in [0.4, 0.5) is 18.0 Å². The average molecular weight is 427 g/mol. The maximum atomic E-state index is 10.6. The van der Waals surface area contributed by atoms with Gasteiger partial charge in [-0.05, 0) is 37.1 Å². The summed E-state index contributed by atoms with van der Waals surface area (Å²) in [5, 5.41) is 22.1. The molecule has 7 nitrogen and oxygen atoms in total. The van der Waals surface area contributed by atoms with E-state index in [4.69, 9.17) is 31.3 Å². The molecule has 0 aromatic heterocycles. The standard InChI is InChI=1S/C15H21ClN2O3.C2HF3O2/c16-13-5-1-3-11(9-13)14(12-4-2-6-17-10-12)21-8-7-18-15(19)20;3-2(4,5)1(6)7/h1,3,5,9,12,14,17-18H,2,4,6-8,10H2,(H,19,20);(H,6,7)/t12-,14+;/m1./s1. The van der Waals surface area contributed by atoms with Crippen molar-refractivity contribution in [1.29, 1.82) is 0 Å². The summed E-state index contributed by atoms with van der Waals surface area (Å²) in [5.74, 6) is -2.38. The Labute approximate surface area is 164 Å². The van der Waals surface area contributed by atoms with Crippen molar-refractivity contribution in [2.75, 3.05) is 26.2 Å². The van der Waals surface area contributed by atoms with Crippen molar-refractivity contribution in [2.24, 2.45) is 5.92 Å². The number of carboxylic acids is 1. The molecule has 0 spiro atoms. The molecule has 1 aliphatic rings. The molecule has 2 atom stereocenters. The first-order valence-corrected chi connectivity index (χ1v) is 8.83. The molecule has 1 fully saturated rings. The highest BCUT2D eigenvalue weighted by Gasteiger charge is 2.38. The fourth-order valence-electron chi connectivity index (χ4n) is 2.67. The number of benzene rings is 1. The largest absolute Gasteiger partial charge is 0.490 e. The Morgan fingerprint density at radius 1 is 1.36 bits per heavy atom. The molecule has 1 aliphatic heterocycles. The van der Waals surface area contributed by atoms with Crippen LogP contribution in [0.1, 0.15) is 24.5 Å². The Bertz CT molecular complexity index is 639. The number of hydrogen-bond donors (Lipinski definition) is 4. The number of carboxylic acid groups (broad SMARTS) is 2. The molecule has 1 saturated heterocycles. The van der Waals surface area contributed by atoms with Gasteiger partial charge >= 0.3 is 18.2 Å². The van der Waals surface area contributed by atoms with Gasteiger partial charge in [0.2, 0.25) is 0 Å². The number of ether oxygens (including phenoxy) is 1. The second-order valence-electron chi connectivity index (χ2n) is 5.99. The molecule has 1 aromatic rings. The molecule has 28 heavy (non-hydrogen) atoms. The Balaban J connectivity index is 0.000000480. The molecular formula is C17H22ClF3N2O5. The number of alkyl halides is 3. The lowest BCUT2D eigenvalue weighted by Gasteiger charge is -2.31. The van der Waals surface area contributed by atoms with E-state index < -0.39 is 18.2 Å². The monoisotopic (exact) mass is 426 g/mol. The van der Waals surface area contributed by atoms with Crippen molar-refractivity contribution in [2.45, 2.75) is 25.1 Å². The van der Waals surface area contributed by atoms with Crippen molar-refractivity contribution >= 4 is 23.7 Å². The van der Waals surface area contributed by atoms with Crippen molar-refractivity contribution in [3.8, 4) is 0 Å². The van der Waals surface area contributed by atoms with E-state index >= 15 is 0 Å². The Morgan fingerprint density at radius 3 is 2.54 bits per heavy atom. The second-order valence-corrected chi connectivity index (χ2v) is 6.42. The fraction of sp³-hybridized carbons (Fsp3) is 0.529. The predicted octanol–water partition coefficient (Wildman–Crippen LogP) is 3.30. The van der Waals surface area contributed by atoms with E-state index in [0.29, 0.717) is 17.5 Å². The van der Waals surface area contributed by atoms with E-state index in [1.807, 2.05) is 24.3 Å². The highest BCUT2D eigenvalue weighted by Crippen LogP contribution is 2.31. The number of aliphatic carboxylic acids is 1. The molecule has 0 unspecified atom stereocenters. The zero-order valence-corrected chi connectivity index (χ0v) is 15.6. The van der Waals surface area contributed by atoms with Crippen LogP contribution in [0.15, 0.2) is 24.3 Å². The summed E-state index contributed by atoms with van der Waals surface area (Å²) in [4.78, 5) is 19.4. The summed E-state index contributed by atoms with van der Waals surface area (Å²) < 4.78 is 37.7. The van der Waals surface area contributed by atoms with Crippen molar-refractivity contribution in [1.82, 2.24) is 10.6 Å². The van der Waals surface area contributed by atoms with Gasteiger partial charge in [0.15, 0.2) is 0 Å². The lowest BCUT2D eigenvalue weighted by atomic mass is 9.89. The number of rotatable bonds is 6.